The second-order valence-corrected chi connectivity index (χ2v) is 5.74. The van der Waals surface area contributed by atoms with Gasteiger partial charge in [-0.3, -0.25) is 9.59 Å². The highest BCUT2D eigenvalue weighted by Crippen LogP contribution is 2.30. The first-order chi connectivity index (χ1) is 11.9. The lowest BCUT2D eigenvalue weighted by molar-refractivity contribution is -0.121. The lowest BCUT2D eigenvalue weighted by Crippen LogP contribution is -2.40. The van der Waals surface area contributed by atoms with Gasteiger partial charge in [-0.1, -0.05) is 18.2 Å². The molecule has 1 fully saturated rings. The van der Waals surface area contributed by atoms with Crippen LogP contribution in [0.2, 0.25) is 0 Å². The molecule has 2 N–H and O–H groups in total. The maximum atomic E-state index is 12.8. The standard InChI is InChI=1S/C18H16N2O5/c1-19(11-5-3-2-4-6-11)14-10-16(22)20(17(14)23)12-7-8-15(21)13(9-12)18(24)25/h2-9,14,21H,10H2,1H3,(H,24,25). The molecule has 1 heterocycles. The normalized spacial score (nSPS) is 17.0. The van der Waals surface area contributed by atoms with Crippen LogP contribution in [0.15, 0.2) is 48.5 Å². The molecule has 2 aromatic rings. The highest BCUT2D eigenvalue weighted by molar-refractivity contribution is 6.23. The first kappa shape index (κ1) is 16.5. The third-order valence-corrected chi connectivity index (χ3v) is 4.22. The van der Waals surface area contributed by atoms with Gasteiger partial charge in [-0.2, -0.15) is 0 Å². The second-order valence-electron chi connectivity index (χ2n) is 5.74. The minimum absolute atomic E-state index is 0.00644. The molecule has 1 aliphatic rings. The van der Waals surface area contributed by atoms with Gasteiger partial charge in [0.05, 0.1) is 12.1 Å². The molecule has 1 atom stereocenters. The van der Waals surface area contributed by atoms with Crippen molar-refractivity contribution in [3.05, 3.63) is 54.1 Å². The van der Waals surface area contributed by atoms with Crippen molar-refractivity contribution in [2.45, 2.75) is 12.5 Å². The van der Waals surface area contributed by atoms with Crippen LogP contribution in [0.25, 0.3) is 0 Å². The molecular formula is C18H16N2O5. The van der Waals surface area contributed by atoms with Crippen LogP contribution in [0, 0.1) is 0 Å². The van der Waals surface area contributed by atoms with Gasteiger partial charge in [-0.05, 0) is 30.3 Å². The predicted molar refractivity (Wildman–Crippen MR) is 90.8 cm³/mol. The summed E-state index contributed by atoms with van der Waals surface area (Å²) >= 11 is 0. The largest absolute Gasteiger partial charge is 0.507 e. The van der Waals surface area contributed by atoms with Gasteiger partial charge >= 0.3 is 5.97 Å². The Morgan fingerprint density at radius 3 is 2.48 bits per heavy atom. The zero-order chi connectivity index (χ0) is 18.1. The molecule has 1 aliphatic heterocycles. The molecule has 0 aliphatic carbocycles. The molecule has 7 nitrogen and oxygen atoms in total. The van der Waals surface area contributed by atoms with E-state index in [1.54, 1.807) is 11.9 Å². The summed E-state index contributed by atoms with van der Waals surface area (Å²) in [5.74, 6) is -2.61. The van der Waals surface area contributed by atoms with Gasteiger partial charge in [0.25, 0.3) is 5.91 Å². The SMILES string of the molecule is CN(c1ccccc1)C1CC(=O)N(c2ccc(O)c(C(=O)O)c2)C1=O. The molecule has 0 saturated carbocycles. The predicted octanol–water partition coefficient (Wildman–Crippen LogP) is 1.86. The lowest BCUT2D eigenvalue weighted by Gasteiger charge is -2.25. The fraction of sp³-hybridized carbons (Fsp3) is 0.167. The zero-order valence-electron chi connectivity index (χ0n) is 13.4. The van der Waals surface area contributed by atoms with E-state index in [0.29, 0.717) is 0 Å². The smallest absolute Gasteiger partial charge is 0.339 e. The molecule has 7 heteroatoms. The third kappa shape index (κ3) is 2.91. The van der Waals surface area contributed by atoms with Gasteiger partial charge < -0.3 is 15.1 Å². The minimum atomic E-state index is -1.34. The molecule has 128 valence electrons. The number of phenols is 1. The maximum Gasteiger partial charge on any atom is 0.339 e. The van der Waals surface area contributed by atoms with Crippen LogP contribution >= 0.6 is 0 Å². The Kier molecular flexibility index (Phi) is 4.14. The number of imide groups is 1. The van der Waals surface area contributed by atoms with Crippen LogP contribution in [0.5, 0.6) is 5.75 Å². The van der Waals surface area contributed by atoms with Gasteiger partial charge in [0, 0.05) is 12.7 Å². The number of carbonyl (C=O) groups excluding carboxylic acids is 2. The quantitative estimate of drug-likeness (QED) is 0.825. The van der Waals surface area contributed by atoms with E-state index in [0.717, 1.165) is 22.7 Å². The van der Waals surface area contributed by atoms with E-state index in [-0.39, 0.29) is 17.7 Å². The number of carboxylic acid groups (broad SMARTS) is 1. The summed E-state index contributed by atoms with van der Waals surface area (Å²) in [6.45, 7) is 0. The van der Waals surface area contributed by atoms with Gasteiger partial charge in [0.15, 0.2) is 0 Å². The Morgan fingerprint density at radius 1 is 1.16 bits per heavy atom. The molecule has 25 heavy (non-hydrogen) atoms. The van der Waals surface area contributed by atoms with E-state index in [4.69, 9.17) is 5.11 Å². The van der Waals surface area contributed by atoms with E-state index < -0.39 is 29.6 Å². The van der Waals surface area contributed by atoms with E-state index in [1.807, 2.05) is 30.3 Å². The van der Waals surface area contributed by atoms with E-state index in [2.05, 4.69) is 0 Å². The number of nitrogens with zero attached hydrogens (tertiary/aromatic N) is 2. The highest BCUT2D eigenvalue weighted by Gasteiger charge is 2.42. The van der Waals surface area contributed by atoms with Crippen molar-refractivity contribution in [3.63, 3.8) is 0 Å². The number of aromatic carboxylic acids is 1. The topological polar surface area (TPSA) is 98.2 Å². The van der Waals surface area contributed by atoms with Crippen LogP contribution in [0.3, 0.4) is 0 Å². The number of likely N-dealkylation sites (N-methyl/N-ethyl adjacent to an activating group) is 1. The Hall–Kier alpha value is -3.35. The average molecular weight is 340 g/mol. The van der Waals surface area contributed by atoms with Crippen molar-refractivity contribution >= 4 is 29.2 Å². The number of hydrogen-bond donors (Lipinski definition) is 2. The number of hydrogen-bond acceptors (Lipinski definition) is 5. The molecule has 1 saturated heterocycles. The molecule has 2 amide bonds. The van der Waals surface area contributed by atoms with Crippen molar-refractivity contribution in [2.75, 3.05) is 16.8 Å². The summed E-state index contributed by atoms with van der Waals surface area (Å²) in [5.41, 5.74) is 0.569. The second kappa shape index (κ2) is 6.27. The van der Waals surface area contributed by atoms with E-state index in [9.17, 15) is 19.5 Å². The number of carboxylic acids is 1. The number of amides is 2. The van der Waals surface area contributed by atoms with E-state index in [1.165, 1.54) is 6.07 Å². The highest BCUT2D eigenvalue weighted by atomic mass is 16.4. The fourth-order valence-corrected chi connectivity index (χ4v) is 2.87. The van der Waals surface area contributed by atoms with Crippen LogP contribution in [0.1, 0.15) is 16.8 Å². The number of rotatable bonds is 4. The summed E-state index contributed by atoms with van der Waals surface area (Å²) in [6, 6.07) is 12.2. The monoisotopic (exact) mass is 340 g/mol. The summed E-state index contributed by atoms with van der Waals surface area (Å²) in [5, 5.41) is 18.7. The van der Waals surface area contributed by atoms with Crippen molar-refractivity contribution in [2.24, 2.45) is 0 Å². The molecule has 1 unspecified atom stereocenters. The molecule has 0 bridgehead atoms. The summed E-state index contributed by atoms with van der Waals surface area (Å²) in [4.78, 5) is 39.0. The van der Waals surface area contributed by atoms with Crippen molar-refractivity contribution < 1.29 is 24.6 Å². The van der Waals surface area contributed by atoms with Crippen LogP contribution in [-0.4, -0.2) is 41.1 Å². The Labute approximate surface area is 143 Å². The Morgan fingerprint density at radius 2 is 1.84 bits per heavy atom. The van der Waals surface area contributed by atoms with Crippen molar-refractivity contribution in [1.82, 2.24) is 0 Å². The minimum Gasteiger partial charge on any atom is -0.507 e. The number of benzene rings is 2. The van der Waals surface area contributed by atoms with Gasteiger partial charge in [-0.25, -0.2) is 9.69 Å². The number of para-hydroxylation sites is 1. The molecular weight excluding hydrogens is 324 g/mol. The Bertz CT molecular complexity index is 850. The first-order valence-electron chi connectivity index (χ1n) is 7.61. The lowest BCUT2D eigenvalue weighted by atomic mass is 10.1. The fourth-order valence-electron chi connectivity index (χ4n) is 2.87. The molecule has 2 aromatic carbocycles. The summed E-state index contributed by atoms with van der Waals surface area (Å²) in [6.07, 6.45) is -0.00644. The van der Waals surface area contributed by atoms with Crippen molar-refractivity contribution in [3.8, 4) is 5.75 Å². The number of aromatic hydroxyl groups is 1. The van der Waals surface area contributed by atoms with Crippen LogP contribution in [-0.2, 0) is 9.59 Å². The average Bonchev–Trinajstić information content (AvgIpc) is 2.90. The van der Waals surface area contributed by atoms with Crippen LogP contribution < -0.4 is 9.80 Å². The third-order valence-electron chi connectivity index (χ3n) is 4.22. The first-order valence-corrected chi connectivity index (χ1v) is 7.61. The van der Waals surface area contributed by atoms with E-state index >= 15 is 0 Å². The molecule has 0 spiro atoms. The maximum absolute atomic E-state index is 12.8. The van der Waals surface area contributed by atoms with Gasteiger partial charge in [0.2, 0.25) is 5.91 Å². The van der Waals surface area contributed by atoms with Gasteiger partial charge in [0.1, 0.15) is 17.4 Å². The zero-order valence-corrected chi connectivity index (χ0v) is 13.4. The summed E-state index contributed by atoms with van der Waals surface area (Å²) in [7, 11) is 1.73. The Balaban J connectivity index is 1.92. The molecule has 0 radical (unpaired) electrons. The summed E-state index contributed by atoms with van der Waals surface area (Å²) < 4.78 is 0. The van der Waals surface area contributed by atoms with Gasteiger partial charge in [-0.15, -0.1) is 0 Å². The molecule has 3 rings (SSSR count). The van der Waals surface area contributed by atoms with Crippen LogP contribution in [0.4, 0.5) is 11.4 Å². The number of anilines is 2. The number of carbonyl (C=O) groups is 3. The van der Waals surface area contributed by atoms with Crippen molar-refractivity contribution in [1.29, 1.82) is 0 Å². The molecule has 0 aromatic heterocycles.